The number of hydrazone groups is 1. The van der Waals surface area contributed by atoms with Crippen LogP contribution in [0.25, 0.3) is 5.69 Å². The standard InChI is InChI=1S/C23H25FN4O2/c1-14-7-6-8-22(15(14)2)30-18(5)23(29)26-25-13-21-16(3)27-28(17(21)4)20-11-9-19(24)10-12-20/h6-13,18H,1-5H3,(H,26,29)/b25-13-/t18-/m0/s1. The number of benzene rings is 2. The number of aryl methyl sites for hydroxylation is 2. The molecule has 1 aromatic heterocycles. The molecule has 30 heavy (non-hydrogen) atoms. The van der Waals surface area contributed by atoms with Gasteiger partial charge in [0.25, 0.3) is 5.91 Å². The Bertz CT molecular complexity index is 1090. The van der Waals surface area contributed by atoms with Gasteiger partial charge in [0.15, 0.2) is 6.10 Å². The number of aromatic nitrogens is 2. The molecule has 0 aliphatic rings. The molecule has 1 amide bonds. The van der Waals surface area contributed by atoms with Gasteiger partial charge < -0.3 is 4.74 Å². The van der Waals surface area contributed by atoms with Gasteiger partial charge in [-0.2, -0.15) is 10.2 Å². The lowest BCUT2D eigenvalue weighted by Gasteiger charge is -2.15. The van der Waals surface area contributed by atoms with E-state index in [0.717, 1.165) is 33.8 Å². The van der Waals surface area contributed by atoms with Gasteiger partial charge in [-0.1, -0.05) is 12.1 Å². The van der Waals surface area contributed by atoms with E-state index in [1.54, 1.807) is 30.0 Å². The largest absolute Gasteiger partial charge is 0.481 e. The summed E-state index contributed by atoms with van der Waals surface area (Å²) in [6.45, 7) is 9.36. The van der Waals surface area contributed by atoms with Gasteiger partial charge in [-0.25, -0.2) is 14.5 Å². The average Bonchev–Trinajstić information content (AvgIpc) is 3.00. The van der Waals surface area contributed by atoms with Crippen molar-refractivity contribution in [3.8, 4) is 11.4 Å². The van der Waals surface area contributed by atoms with E-state index in [2.05, 4.69) is 15.6 Å². The smallest absolute Gasteiger partial charge is 0.280 e. The predicted octanol–water partition coefficient (Wildman–Crippen LogP) is 4.16. The molecule has 7 heteroatoms. The number of halogens is 1. The van der Waals surface area contributed by atoms with Crippen LogP contribution < -0.4 is 10.2 Å². The van der Waals surface area contributed by atoms with Gasteiger partial charge in [-0.15, -0.1) is 0 Å². The molecule has 3 aromatic rings. The van der Waals surface area contributed by atoms with E-state index >= 15 is 0 Å². The number of carbonyl (C=O) groups excluding carboxylic acids is 1. The Morgan fingerprint density at radius 3 is 2.57 bits per heavy atom. The lowest BCUT2D eigenvalue weighted by Crippen LogP contribution is -2.33. The summed E-state index contributed by atoms with van der Waals surface area (Å²) in [5.41, 5.74) is 7.72. The number of hydrogen-bond acceptors (Lipinski definition) is 4. The molecule has 1 atom stereocenters. The van der Waals surface area contributed by atoms with E-state index in [9.17, 15) is 9.18 Å². The highest BCUT2D eigenvalue weighted by molar-refractivity contribution is 5.86. The minimum Gasteiger partial charge on any atom is -0.481 e. The molecule has 3 rings (SSSR count). The second-order valence-corrected chi connectivity index (χ2v) is 7.17. The molecule has 0 radical (unpaired) electrons. The highest BCUT2D eigenvalue weighted by Gasteiger charge is 2.16. The fraction of sp³-hybridized carbons (Fsp3) is 0.261. The summed E-state index contributed by atoms with van der Waals surface area (Å²) >= 11 is 0. The fourth-order valence-corrected chi connectivity index (χ4v) is 3.02. The van der Waals surface area contributed by atoms with Gasteiger partial charge in [0.05, 0.1) is 23.3 Å². The van der Waals surface area contributed by atoms with Crippen LogP contribution in [0.3, 0.4) is 0 Å². The van der Waals surface area contributed by atoms with Crippen molar-refractivity contribution in [1.82, 2.24) is 15.2 Å². The molecular formula is C23H25FN4O2. The van der Waals surface area contributed by atoms with Crippen molar-refractivity contribution < 1.29 is 13.9 Å². The van der Waals surface area contributed by atoms with E-state index in [4.69, 9.17) is 4.74 Å². The van der Waals surface area contributed by atoms with Crippen molar-refractivity contribution in [2.24, 2.45) is 5.10 Å². The Hall–Kier alpha value is -3.48. The molecule has 156 valence electrons. The zero-order chi connectivity index (χ0) is 21.8. The maximum Gasteiger partial charge on any atom is 0.280 e. The lowest BCUT2D eigenvalue weighted by molar-refractivity contribution is -0.127. The molecule has 0 aliphatic carbocycles. The van der Waals surface area contributed by atoms with Crippen molar-refractivity contribution in [1.29, 1.82) is 0 Å². The highest BCUT2D eigenvalue weighted by Crippen LogP contribution is 2.22. The number of carbonyl (C=O) groups is 1. The highest BCUT2D eigenvalue weighted by atomic mass is 19.1. The molecule has 6 nitrogen and oxygen atoms in total. The summed E-state index contributed by atoms with van der Waals surface area (Å²) in [6, 6.07) is 11.8. The van der Waals surface area contributed by atoms with Crippen molar-refractivity contribution in [3.63, 3.8) is 0 Å². The quantitative estimate of drug-likeness (QED) is 0.492. The van der Waals surface area contributed by atoms with Crippen molar-refractivity contribution in [2.75, 3.05) is 0 Å². The average molecular weight is 408 g/mol. The van der Waals surface area contributed by atoms with Crippen LogP contribution in [-0.2, 0) is 4.79 Å². The van der Waals surface area contributed by atoms with Crippen LogP contribution in [0.15, 0.2) is 47.6 Å². The first-order chi connectivity index (χ1) is 14.3. The lowest BCUT2D eigenvalue weighted by atomic mass is 10.1. The van der Waals surface area contributed by atoms with Crippen LogP contribution in [0, 0.1) is 33.5 Å². The van der Waals surface area contributed by atoms with Crippen molar-refractivity contribution in [2.45, 2.75) is 40.7 Å². The fourth-order valence-electron chi connectivity index (χ4n) is 3.02. The predicted molar refractivity (Wildman–Crippen MR) is 115 cm³/mol. The van der Waals surface area contributed by atoms with E-state index in [-0.39, 0.29) is 11.7 Å². The molecule has 0 aliphatic heterocycles. The van der Waals surface area contributed by atoms with Crippen LogP contribution in [0.2, 0.25) is 0 Å². The van der Waals surface area contributed by atoms with Crippen LogP contribution >= 0.6 is 0 Å². The summed E-state index contributed by atoms with van der Waals surface area (Å²) in [5, 5.41) is 8.55. The van der Waals surface area contributed by atoms with E-state index in [1.165, 1.54) is 12.1 Å². The maximum absolute atomic E-state index is 13.2. The minimum absolute atomic E-state index is 0.304. The Morgan fingerprint density at radius 1 is 1.17 bits per heavy atom. The van der Waals surface area contributed by atoms with Gasteiger partial charge in [-0.3, -0.25) is 4.79 Å². The van der Waals surface area contributed by atoms with E-state index in [0.29, 0.717) is 5.75 Å². The van der Waals surface area contributed by atoms with Gasteiger partial charge in [0.2, 0.25) is 0 Å². The topological polar surface area (TPSA) is 68.5 Å². The Labute approximate surface area is 175 Å². The molecule has 0 spiro atoms. The Kier molecular flexibility index (Phi) is 6.30. The molecule has 0 saturated heterocycles. The number of nitrogens with zero attached hydrogens (tertiary/aromatic N) is 3. The first-order valence-corrected chi connectivity index (χ1v) is 9.66. The molecule has 0 saturated carbocycles. The van der Waals surface area contributed by atoms with Crippen LogP contribution in [0.1, 0.15) is 35.0 Å². The van der Waals surface area contributed by atoms with Gasteiger partial charge in [-0.05, 0) is 76.1 Å². The molecule has 2 aromatic carbocycles. The summed E-state index contributed by atoms with van der Waals surface area (Å²) in [7, 11) is 0. The summed E-state index contributed by atoms with van der Waals surface area (Å²) in [5.74, 6) is 0.0178. The SMILES string of the molecule is Cc1cccc(O[C@@H](C)C(=O)N/N=C\c2c(C)nn(-c3ccc(F)cc3)c2C)c1C. The molecule has 0 unspecified atom stereocenters. The third-order valence-corrected chi connectivity index (χ3v) is 5.01. The molecular weight excluding hydrogens is 383 g/mol. The first-order valence-electron chi connectivity index (χ1n) is 9.66. The van der Waals surface area contributed by atoms with Gasteiger partial charge in [0.1, 0.15) is 11.6 Å². The third-order valence-electron chi connectivity index (χ3n) is 5.01. The summed E-state index contributed by atoms with van der Waals surface area (Å²) in [6.07, 6.45) is 0.854. The number of ether oxygens (including phenoxy) is 1. The molecule has 1 heterocycles. The second kappa shape index (κ2) is 8.90. The number of amides is 1. The summed E-state index contributed by atoms with van der Waals surface area (Å²) in [4.78, 5) is 12.4. The number of hydrogen-bond donors (Lipinski definition) is 1. The van der Waals surface area contributed by atoms with Gasteiger partial charge >= 0.3 is 0 Å². The van der Waals surface area contributed by atoms with E-state index < -0.39 is 6.10 Å². The normalized spacial score (nSPS) is 12.2. The third kappa shape index (κ3) is 4.56. The first kappa shape index (κ1) is 21.2. The second-order valence-electron chi connectivity index (χ2n) is 7.17. The zero-order valence-corrected chi connectivity index (χ0v) is 17.7. The van der Waals surface area contributed by atoms with Crippen molar-refractivity contribution in [3.05, 3.63) is 76.4 Å². The monoisotopic (exact) mass is 408 g/mol. The van der Waals surface area contributed by atoms with Crippen LogP contribution in [-0.4, -0.2) is 28.0 Å². The molecule has 1 N–H and O–H groups in total. The number of nitrogens with one attached hydrogen (secondary N) is 1. The minimum atomic E-state index is -0.702. The number of rotatable bonds is 6. The van der Waals surface area contributed by atoms with E-state index in [1.807, 2.05) is 45.9 Å². The summed E-state index contributed by atoms with van der Waals surface area (Å²) < 4.78 is 20.7. The Morgan fingerprint density at radius 2 is 1.87 bits per heavy atom. The van der Waals surface area contributed by atoms with Crippen LogP contribution in [0.5, 0.6) is 5.75 Å². The van der Waals surface area contributed by atoms with Crippen LogP contribution in [0.4, 0.5) is 4.39 Å². The van der Waals surface area contributed by atoms with Gasteiger partial charge in [0, 0.05) is 5.56 Å². The Balaban J connectivity index is 1.68. The van der Waals surface area contributed by atoms with Crippen molar-refractivity contribution >= 4 is 12.1 Å². The zero-order valence-electron chi connectivity index (χ0n) is 17.7. The molecule has 0 fully saturated rings. The maximum atomic E-state index is 13.2. The molecule has 0 bridgehead atoms.